The normalized spacial score (nSPS) is 11.9. The number of benzene rings is 2. The first-order chi connectivity index (χ1) is 7.31. The van der Waals surface area contributed by atoms with Crippen LogP contribution in [0.25, 0.3) is 16.8 Å². The van der Waals surface area contributed by atoms with E-state index in [1.165, 1.54) is 10.8 Å². The molecule has 15 heavy (non-hydrogen) atoms. The van der Waals surface area contributed by atoms with E-state index in [0.717, 1.165) is 5.56 Å². The lowest BCUT2D eigenvalue weighted by Crippen LogP contribution is -1.81. The molecule has 0 saturated heterocycles. The number of allylic oxidation sites excluding steroid dienone is 1. The highest BCUT2D eigenvalue weighted by Crippen LogP contribution is 2.20. The summed E-state index contributed by atoms with van der Waals surface area (Å²) in [5.41, 5.74) is 1.08. The van der Waals surface area contributed by atoms with Gasteiger partial charge in [0.15, 0.2) is 0 Å². The van der Waals surface area contributed by atoms with E-state index in [2.05, 4.69) is 18.2 Å². The highest BCUT2D eigenvalue weighted by molar-refractivity contribution is 5.90. The Hall–Kier alpha value is -1.76. The number of fused-ring (bicyclic) bond motifs is 1. The van der Waals surface area contributed by atoms with Crippen LogP contribution in [0.4, 0.5) is 0 Å². The second-order valence-electron chi connectivity index (χ2n) is 3.56. The Morgan fingerprint density at radius 2 is 1.87 bits per heavy atom. The SMILES string of the molecule is CC/C(O)=C/c1cccc2ccccc12. The Morgan fingerprint density at radius 3 is 2.67 bits per heavy atom. The minimum atomic E-state index is 0.423. The Labute approximate surface area is 89.7 Å². The maximum Gasteiger partial charge on any atom is 0.0926 e. The summed E-state index contributed by atoms with van der Waals surface area (Å²) in [6.45, 7) is 1.94. The molecule has 1 heteroatoms. The molecule has 0 aliphatic rings. The lowest BCUT2D eigenvalue weighted by molar-refractivity contribution is 0.400. The lowest BCUT2D eigenvalue weighted by atomic mass is 10.0. The van der Waals surface area contributed by atoms with Gasteiger partial charge in [0, 0.05) is 6.42 Å². The van der Waals surface area contributed by atoms with Crippen LogP contribution in [0, 0.1) is 0 Å². The smallest absolute Gasteiger partial charge is 0.0926 e. The van der Waals surface area contributed by atoms with Crippen LogP contribution in [0.1, 0.15) is 18.9 Å². The molecule has 0 aliphatic heterocycles. The second kappa shape index (κ2) is 4.18. The van der Waals surface area contributed by atoms with Crippen LogP contribution in [0.3, 0.4) is 0 Å². The summed E-state index contributed by atoms with van der Waals surface area (Å²) >= 11 is 0. The molecule has 2 aromatic carbocycles. The van der Waals surface area contributed by atoms with E-state index in [1.807, 2.05) is 37.3 Å². The van der Waals surface area contributed by atoms with E-state index in [9.17, 15) is 5.11 Å². The summed E-state index contributed by atoms with van der Waals surface area (Å²) in [5.74, 6) is 0.423. The third-order valence-corrected chi connectivity index (χ3v) is 2.51. The molecule has 0 bridgehead atoms. The van der Waals surface area contributed by atoms with Crippen molar-refractivity contribution in [3.63, 3.8) is 0 Å². The average molecular weight is 198 g/mol. The zero-order valence-corrected chi connectivity index (χ0v) is 8.77. The van der Waals surface area contributed by atoms with E-state index < -0.39 is 0 Å². The van der Waals surface area contributed by atoms with Crippen LogP contribution in [-0.4, -0.2) is 5.11 Å². The molecule has 0 saturated carbocycles. The van der Waals surface area contributed by atoms with Gasteiger partial charge in [0.05, 0.1) is 5.76 Å². The van der Waals surface area contributed by atoms with Crippen molar-refractivity contribution in [1.82, 2.24) is 0 Å². The molecular weight excluding hydrogens is 184 g/mol. The molecule has 0 heterocycles. The molecule has 0 atom stereocenters. The molecule has 0 aliphatic carbocycles. The Kier molecular flexibility index (Phi) is 2.72. The second-order valence-corrected chi connectivity index (χ2v) is 3.56. The molecule has 76 valence electrons. The zero-order valence-electron chi connectivity index (χ0n) is 8.77. The quantitative estimate of drug-likeness (QED) is 0.719. The standard InChI is InChI=1S/C14H14O/c1-2-13(15)10-12-8-5-7-11-6-3-4-9-14(11)12/h3-10,15H,2H2,1H3/b13-10-. The van der Waals surface area contributed by atoms with Gasteiger partial charge in [-0.2, -0.15) is 0 Å². The Balaban J connectivity index is 2.61. The van der Waals surface area contributed by atoms with Gasteiger partial charge in [-0.05, 0) is 22.4 Å². The van der Waals surface area contributed by atoms with Crippen molar-refractivity contribution >= 4 is 16.8 Å². The van der Waals surface area contributed by atoms with Crippen LogP contribution >= 0.6 is 0 Å². The molecule has 2 rings (SSSR count). The van der Waals surface area contributed by atoms with Gasteiger partial charge in [-0.25, -0.2) is 0 Å². The van der Waals surface area contributed by atoms with Crippen molar-refractivity contribution in [2.75, 3.05) is 0 Å². The maximum absolute atomic E-state index is 9.53. The zero-order chi connectivity index (χ0) is 10.7. The molecule has 0 unspecified atom stereocenters. The lowest BCUT2D eigenvalue weighted by Gasteiger charge is -2.02. The van der Waals surface area contributed by atoms with Crippen molar-refractivity contribution in [2.24, 2.45) is 0 Å². The summed E-state index contributed by atoms with van der Waals surface area (Å²) in [4.78, 5) is 0. The molecule has 1 N–H and O–H groups in total. The van der Waals surface area contributed by atoms with Crippen molar-refractivity contribution in [3.8, 4) is 0 Å². The van der Waals surface area contributed by atoms with Gasteiger partial charge in [0.1, 0.15) is 0 Å². The highest BCUT2D eigenvalue weighted by atomic mass is 16.3. The van der Waals surface area contributed by atoms with Gasteiger partial charge in [0.25, 0.3) is 0 Å². The first-order valence-electron chi connectivity index (χ1n) is 5.18. The number of rotatable bonds is 2. The molecule has 0 spiro atoms. The monoisotopic (exact) mass is 198 g/mol. The molecule has 2 aromatic rings. The molecule has 0 aromatic heterocycles. The summed E-state index contributed by atoms with van der Waals surface area (Å²) < 4.78 is 0. The van der Waals surface area contributed by atoms with E-state index >= 15 is 0 Å². The van der Waals surface area contributed by atoms with E-state index in [1.54, 1.807) is 0 Å². The average Bonchev–Trinajstić information content (AvgIpc) is 2.29. The number of hydrogen-bond acceptors (Lipinski definition) is 1. The molecule has 1 nitrogen and oxygen atoms in total. The summed E-state index contributed by atoms with van der Waals surface area (Å²) in [6, 6.07) is 14.3. The molecular formula is C14H14O. The van der Waals surface area contributed by atoms with Crippen LogP contribution in [0.15, 0.2) is 48.2 Å². The third kappa shape index (κ3) is 2.01. The van der Waals surface area contributed by atoms with E-state index in [4.69, 9.17) is 0 Å². The summed E-state index contributed by atoms with van der Waals surface area (Å²) in [6.07, 6.45) is 2.51. The Morgan fingerprint density at radius 1 is 1.13 bits per heavy atom. The summed E-state index contributed by atoms with van der Waals surface area (Å²) in [7, 11) is 0. The minimum absolute atomic E-state index is 0.423. The third-order valence-electron chi connectivity index (χ3n) is 2.51. The van der Waals surface area contributed by atoms with Crippen LogP contribution in [-0.2, 0) is 0 Å². The van der Waals surface area contributed by atoms with Gasteiger partial charge < -0.3 is 5.11 Å². The van der Waals surface area contributed by atoms with Crippen molar-refractivity contribution in [3.05, 3.63) is 53.8 Å². The van der Waals surface area contributed by atoms with E-state index in [-0.39, 0.29) is 0 Å². The van der Waals surface area contributed by atoms with Crippen molar-refractivity contribution in [1.29, 1.82) is 0 Å². The predicted molar refractivity (Wildman–Crippen MR) is 64.8 cm³/mol. The fourth-order valence-electron chi connectivity index (χ4n) is 1.66. The van der Waals surface area contributed by atoms with Gasteiger partial charge >= 0.3 is 0 Å². The van der Waals surface area contributed by atoms with Gasteiger partial charge in [-0.3, -0.25) is 0 Å². The van der Waals surface area contributed by atoms with E-state index in [0.29, 0.717) is 12.2 Å². The van der Waals surface area contributed by atoms with Gasteiger partial charge in [0.2, 0.25) is 0 Å². The fourth-order valence-corrected chi connectivity index (χ4v) is 1.66. The van der Waals surface area contributed by atoms with Gasteiger partial charge in [-0.1, -0.05) is 49.4 Å². The highest BCUT2D eigenvalue weighted by Gasteiger charge is 1.98. The van der Waals surface area contributed by atoms with Gasteiger partial charge in [-0.15, -0.1) is 0 Å². The maximum atomic E-state index is 9.53. The van der Waals surface area contributed by atoms with Crippen LogP contribution < -0.4 is 0 Å². The van der Waals surface area contributed by atoms with Crippen LogP contribution in [0.2, 0.25) is 0 Å². The molecule has 0 fully saturated rings. The first-order valence-corrected chi connectivity index (χ1v) is 5.18. The molecule has 0 radical (unpaired) electrons. The summed E-state index contributed by atoms with van der Waals surface area (Å²) in [5, 5.41) is 11.9. The predicted octanol–water partition coefficient (Wildman–Crippen LogP) is 4.15. The largest absolute Gasteiger partial charge is 0.512 e. The molecule has 0 amide bonds. The topological polar surface area (TPSA) is 20.2 Å². The Bertz CT molecular complexity index is 492. The number of aliphatic hydroxyl groups is 1. The fraction of sp³-hybridized carbons (Fsp3) is 0.143. The van der Waals surface area contributed by atoms with Crippen molar-refractivity contribution < 1.29 is 5.11 Å². The minimum Gasteiger partial charge on any atom is -0.512 e. The van der Waals surface area contributed by atoms with Crippen molar-refractivity contribution in [2.45, 2.75) is 13.3 Å². The van der Waals surface area contributed by atoms with Crippen LogP contribution in [0.5, 0.6) is 0 Å². The first kappa shape index (κ1) is 9.78. The number of aliphatic hydroxyl groups excluding tert-OH is 1. The number of hydrogen-bond donors (Lipinski definition) is 1.